The second-order valence-electron chi connectivity index (χ2n) is 6.35. The summed E-state index contributed by atoms with van der Waals surface area (Å²) in [5.41, 5.74) is 5.68. The number of nitrogens with zero attached hydrogens (tertiary/aromatic N) is 1. The maximum absolute atomic E-state index is 5.95. The van der Waals surface area contributed by atoms with E-state index in [4.69, 9.17) is 19.8 Å². The molecule has 0 radical (unpaired) electrons. The predicted molar refractivity (Wildman–Crippen MR) is 80.4 cm³/mol. The molecule has 0 aromatic rings. The number of nitrogens with two attached hydrogens (primary N) is 1. The minimum atomic E-state index is -0.475. The van der Waals surface area contributed by atoms with E-state index in [-0.39, 0.29) is 17.4 Å². The molecule has 20 heavy (non-hydrogen) atoms. The van der Waals surface area contributed by atoms with Crippen LogP contribution < -0.4 is 5.73 Å². The molecular weight excluding hydrogens is 255 g/mol. The van der Waals surface area contributed by atoms with Crippen molar-refractivity contribution in [3.63, 3.8) is 0 Å². The molecule has 0 amide bonds. The number of ether oxygens (including phenoxy) is 1. The highest BCUT2D eigenvalue weighted by atomic mass is 16.7. The molecule has 2 fully saturated rings. The van der Waals surface area contributed by atoms with Crippen molar-refractivity contribution in [1.29, 1.82) is 0 Å². The minimum Gasteiger partial charge on any atom is -0.405 e. The van der Waals surface area contributed by atoms with Crippen LogP contribution in [0.15, 0.2) is 16.7 Å². The third-order valence-electron chi connectivity index (χ3n) is 4.26. The van der Waals surface area contributed by atoms with Crippen LogP contribution in [0.5, 0.6) is 0 Å². The minimum absolute atomic E-state index is 0.0684. The number of hydrogen-bond donors (Lipinski definition) is 1. The smallest absolute Gasteiger partial charge is 0.405 e. The van der Waals surface area contributed by atoms with Gasteiger partial charge >= 0.3 is 7.12 Å². The van der Waals surface area contributed by atoms with Crippen LogP contribution in [0, 0.1) is 0 Å². The van der Waals surface area contributed by atoms with Gasteiger partial charge in [0, 0.05) is 18.3 Å². The first-order valence-corrected chi connectivity index (χ1v) is 7.28. The van der Waals surface area contributed by atoms with Crippen LogP contribution in [0.3, 0.4) is 0 Å². The fourth-order valence-corrected chi connectivity index (χ4v) is 2.17. The second-order valence-corrected chi connectivity index (χ2v) is 6.35. The molecule has 0 aromatic heterocycles. The lowest BCUT2D eigenvalue weighted by Gasteiger charge is -2.32. The molecule has 0 aliphatic carbocycles. The fourth-order valence-electron chi connectivity index (χ4n) is 2.17. The predicted octanol–water partition coefficient (Wildman–Crippen LogP) is 2.06. The molecule has 1 atom stereocenters. The van der Waals surface area contributed by atoms with E-state index in [2.05, 4.69) is 4.99 Å². The lowest BCUT2D eigenvalue weighted by Crippen LogP contribution is -2.41. The molecule has 0 saturated carbocycles. The van der Waals surface area contributed by atoms with E-state index >= 15 is 0 Å². The molecule has 2 N–H and O–H groups in total. The Morgan fingerprint density at radius 3 is 2.35 bits per heavy atom. The Kier molecular flexibility index (Phi) is 4.57. The van der Waals surface area contributed by atoms with Crippen LogP contribution in [0.4, 0.5) is 0 Å². The Hall–Kier alpha value is -0.845. The van der Waals surface area contributed by atoms with Gasteiger partial charge in [0.2, 0.25) is 0 Å². The molecule has 0 bridgehead atoms. The quantitative estimate of drug-likeness (QED) is 0.634. The summed E-state index contributed by atoms with van der Waals surface area (Å²) in [6, 6.07) is 0. The zero-order chi connectivity index (χ0) is 14.8. The largest absolute Gasteiger partial charge is 0.497 e. The Morgan fingerprint density at radius 2 is 1.85 bits per heavy atom. The Labute approximate surface area is 121 Å². The molecule has 2 rings (SSSR count). The van der Waals surface area contributed by atoms with E-state index in [9.17, 15) is 0 Å². The molecule has 112 valence electrons. The second kappa shape index (κ2) is 5.88. The van der Waals surface area contributed by atoms with Crippen molar-refractivity contribution in [2.75, 3.05) is 6.61 Å². The van der Waals surface area contributed by atoms with Crippen molar-refractivity contribution in [3.8, 4) is 0 Å². The monoisotopic (exact) mass is 280 g/mol. The van der Waals surface area contributed by atoms with Gasteiger partial charge in [-0.2, -0.15) is 0 Å². The van der Waals surface area contributed by atoms with E-state index in [1.54, 1.807) is 6.21 Å². The lowest BCUT2D eigenvalue weighted by atomic mass is 9.79. The summed E-state index contributed by atoms with van der Waals surface area (Å²) >= 11 is 0. The van der Waals surface area contributed by atoms with Crippen molar-refractivity contribution in [2.45, 2.75) is 64.4 Å². The first-order valence-electron chi connectivity index (χ1n) is 7.28. The molecule has 0 aromatic carbocycles. The molecule has 6 heteroatoms. The Balaban J connectivity index is 2.01. The maximum atomic E-state index is 5.95. The average Bonchev–Trinajstić information content (AvgIpc) is 2.60. The van der Waals surface area contributed by atoms with Crippen LogP contribution in [0.25, 0.3) is 0 Å². The van der Waals surface area contributed by atoms with Crippen LogP contribution in [0.2, 0.25) is 0 Å². The van der Waals surface area contributed by atoms with E-state index in [1.807, 2.05) is 27.7 Å². The van der Waals surface area contributed by atoms with Crippen LogP contribution in [-0.2, 0) is 14.0 Å². The SMILES string of the molecule is CC1(C)OB(C(C=NC2CCCCO2)=CN)OC1(C)C. The van der Waals surface area contributed by atoms with Gasteiger partial charge in [-0.15, -0.1) is 0 Å². The Bertz CT molecular complexity index is 385. The van der Waals surface area contributed by atoms with Gasteiger partial charge < -0.3 is 19.8 Å². The van der Waals surface area contributed by atoms with Crippen molar-refractivity contribution in [3.05, 3.63) is 11.7 Å². The standard InChI is InChI=1S/C14H25BN2O3/c1-13(2)14(3,4)20-15(19-13)11(9-16)10-17-12-7-5-6-8-18-12/h9-10,12H,5-8,16H2,1-4H3. The molecule has 2 saturated heterocycles. The first-order chi connectivity index (χ1) is 9.36. The van der Waals surface area contributed by atoms with Crippen LogP contribution >= 0.6 is 0 Å². The average molecular weight is 280 g/mol. The van der Waals surface area contributed by atoms with Gasteiger partial charge in [-0.1, -0.05) is 0 Å². The van der Waals surface area contributed by atoms with E-state index in [1.165, 1.54) is 6.20 Å². The van der Waals surface area contributed by atoms with E-state index in [0.29, 0.717) is 0 Å². The summed E-state index contributed by atoms with van der Waals surface area (Å²) in [4.78, 5) is 4.44. The van der Waals surface area contributed by atoms with Gasteiger partial charge in [0.1, 0.15) is 6.23 Å². The summed E-state index contributed by atoms with van der Waals surface area (Å²) in [6.07, 6.45) is 6.37. The highest BCUT2D eigenvalue weighted by Crippen LogP contribution is 2.38. The molecule has 2 aliphatic heterocycles. The van der Waals surface area contributed by atoms with E-state index in [0.717, 1.165) is 31.3 Å². The zero-order valence-corrected chi connectivity index (χ0v) is 12.9. The van der Waals surface area contributed by atoms with Crippen molar-refractivity contribution in [2.24, 2.45) is 10.7 Å². The van der Waals surface area contributed by atoms with Crippen molar-refractivity contribution in [1.82, 2.24) is 0 Å². The molecule has 0 spiro atoms. The first kappa shape index (κ1) is 15.5. The third-order valence-corrected chi connectivity index (χ3v) is 4.26. The molecular formula is C14H25BN2O3. The maximum Gasteiger partial charge on any atom is 0.497 e. The summed E-state index contributed by atoms with van der Waals surface area (Å²) in [7, 11) is -0.475. The van der Waals surface area contributed by atoms with Crippen molar-refractivity contribution < 1.29 is 14.0 Å². The van der Waals surface area contributed by atoms with Gasteiger partial charge in [-0.05, 0) is 53.2 Å². The van der Waals surface area contributed by atoms with Crippen LogP contribution in [0.1, 0.15) is 47.0 Å². The number of aliphatic imine (C=N–C) groups is 1. The van der Waals surface area contributed by atoms with Gasteiger partial charge in [0.25, 0.3) is 0 Å². The third kappa shape index (κ3) is 3.24. The Morgan fingerprint density at radius 1 is 1.20 bits per heavy atom. The zero-order valence-electron chi connectivity index (χ0n) is 12.9. The summed E-state index contributed by atoms with van der Waals surface area (Å²) < 4.78 is 17.5. The fraction of sp³-hybridized carbons (Fsp3) is 0.786. The summed E-state index contributed by atoms with van der Waals surface area (Å²) in [5, 5.41) is 0. The van der Waals surface area contributed by atoms with Gasteiger partial charge in [-0.25, -0.2) is 0 Å². The highest BCUT2D eigenvalue weighted by molar-refractivity contribution is 6.60. The number of allylic oxidation sites excluding steroid dienone is 1. The van der Waals surface area contributed by atoms with E-state index < -0.39 is 7.12 Å². The summed E-state index contributed by atoms with van der Waals surface area (Å²) in [5.74, 6) is 0. The van der Waals surface area contributed by atoms with Crippen LogP contribution in [-0.4, -0.2) is 37.4 Å². The molecule has 1 unspecified atom stereocenters. The topological polar surface area (TPSA) is 66.1 Å². The highest BCUT2D eigenvalue weighted by Gasteiger charge is 2.52. The van der Waals surface area contributed by atoms with Crippen molar-refractivity contribution >= 4 is 13.3 Å². The lowest BCUT2D eigenvalue weighted by molar-refractivity contribution is 0.00578. The van der Waals surface area contributed by atoms with Gasteiger partial charge in [0.15, 0.2) is 0 Å². The normalized spacial score (nSPS) is 30.1. The van der Waals surface area contributed by atoms with Gasteiger partial charge in [-0.3, -0.25) is 4.99 Å². The van der Waals surface area contributed by atoms with Gasteiger partial charge in [0.05, 0.1) is 11.2 Å². The molecule has 2 aliphatic rings. The molecule has 5 nitrogen and oxygen atoms in total. The summed E-state index contributed by atoms with van der Waals surface area (Å²) in [6.45, 7) is 8.84. The number of rotatable bonds is 3. The number of hydrogen-bond acceptors (Lipinski definition) is 5. The molecule has 2 heterocycles.